The molecule has 4 nitrogen and oxygen atoms in total. The zero-order valence-corrected chi connectivity index (χ0v) is 11.4. The van der Waals surface area contributed by atoms with Crippen LogP contribution < -0.4 is 5.32 Å². The van der Waals surface area contributed by atoms with Crippen molar-refractivity contribution in [3.05, 3.63) is 30.1 Å². The fraction of sp³-hybridized carbons (Fsp3) is 0.600. The molecule has 1 heterocycles. The third kappa shape index (κ3) is 3.32. The van der Waals surface area contributed by atoms with Crippen LogP contribution in [-0.4, -0.2) is 34.4 Å². The quantitative estimate of drug-likeness (QED) is 0.848. The van der Waals surface area contributed by atoms with Crippen LogP contribution in [0, 0.1) is 0 Å². The first-order valence-electron chi connectivity index (χ1n) is 7.20. The number of carbonyl (C=O) groups excluding carboxylic acids is 1. The van der Waals surface area contributed by atoms with E-state index in [9.17, 15) is 4.79 Å². The zero-order chi connectivity index (χ0) is 13.2. The van der Waals surface area contributed by atoms with Crippen molar-refractivity contribution in [3.63, 3.8) is 0 Å². The molecule has 1 amide bonds. The number of rotatable bonds is 6. The number of carbonyl (C=O) groups is 1. The van der Waals surface area contributed by atoms with Crippen LogP contribution in [0.1, 0.15) is 44.3 Å². The molecule has 2 fully saturated rings. The molecule has 0 radical (unpaired) electrons. The van der Waals surface area contributed by atoms with Crippen molar-refractivity contribution in [3.8, 4) is 0 Å². The highest BCUT2D eigenvalue weighted by atomic mass is 16.2. The van der Waals surface area contributed by atoms with Gasteiger partial charge in [0.1, 0.15) is 0 Å². The van der Waals surface area contributed by atoms with E-state index in [2.05, 4.69) is 22.1 Å². The topological polar surface area (TPSA) is 45.2 Å². The predicted octanol–water partition coefficient (Wildman–Crippen LogP) is 1.89. The van der Waals surface area contributed by atoms with E-state index < -0.39 is 0 Å². The number of nitrogens with one attached hydrogen (secondary N) is 1. The average Bonchev–Trinajstić information content (AvgIpc) is 3.29. The summed E-state index contributed by atoms with van der Waals surface area (Å²) in [6.45, 7) is 2.64. The molecule has 0 bridgehead atoms. The van der Waals surface area contributed by atoms with E-state index in [4.69, 9.17) is 0 Å². The van der Waals surface area contributed by atoms with Crippen molar-refractivity contribution in [2.75, 3.05) is 6.54 Å². The first kappa shape index (κ1) is 12.6. The van der Waals surface area contributed by atoms with E-state index in [-0.39, 0.29) is 11.9 Å². The Bertz CT molecular complexity index is 440. The smallest absolute Gasteiger partial charge is 0.234 e. The number of nitrogens with zero attached hydrogens (tertiary/aromatic N) is 2. The van der Waals surface area contributed by atoms with Crippen molar-refractivity contribution in [1.82, 2.24) is 15.2 Å². The molecule has 3 rings (SSSR count). The van der Waals surface area contributed by atoms with Gasteiger partial charge >= 0.3 is 0 Å². The van der Waals surface area contributed by atoms with Gasteiger partial charge in [0.05, 0.1) is 18.3 Å². The van der Waals surface area contributed by atoms with Gasteiger partial charge in [-0.1, -0.05) is 6.07 Å². The second-order valence-electron chi connectivity index (χ2n) is 5.68. The lowest BCUT2D eigenvalue weighted by Crippen LogP contribution is -2.40. The minimum absolute atomic E-state index is 0.164. The molecule has 0 aromatic carbocycles. The predicted molar refractivity (Wildman–Crippen MR) is 73.5 cm³/mol. The van der Waals surface area contributed by atoms with Gasteiger partial charge in [-0.15, -0.1) is 0 Å². The highest BCUT2D eigenvalue weighted by Crippen LogP contribution is 2.33. The Hall–Kier alpha value is -1.42. The van der Waals surface area contributed by atoms with Crippen LogP contribution in [0.2, 0.25) is 0 Å². The summed E-state index contributed by atoms with van der Waals surface area (Å²) in [4.78, 5) is 18.7. The summed E-state index contributed by atoms with van der Waals surface area (Å²) in [5, 5.41) is 3.07. The molecule has 19 heavy (non-hydrogen) atoms. The van der Waals surface area contributed by atoms with Gasteiger partial charge in [-0.25, -0.2) is 0 Å². The lowest BCUT2D eigenvalue weighted by Gasteiger charge is -2.28. The maximum absolute atomic E-state index is 12.0. The molecular formula is C15H21N3O. The van der Waals surface area contributed by atoms with Crippen LogP contribution >= 0.6 is 0 Å². The first-order valence-corrected chi connectivity index (χ1v) is 7.20. The summed E-state index contributed by atoms with van der Waals surface area (Å²) in [6.07, 6.45) is 6.51. The van der Waals surface area contributed by atoms with E-state index in [1.54, 1.807) is 0 Å². The largest absolute Gasteiger partial charge is 0.352 e. The summed E-state index contributed by atoms with van der Waals surface area (Å²) < 4.78 is 0. The molecule has 2 aliphatic carbocycles. The average molecular weight is 259 g/mol. The van der Waals surface area contributed by atoms with Crippen LogP contribution in [0.25, 0.3) is 0 Å². The number of hydrogen-bond donors (Lipinski definition) is 1. The molecule has 2 aliphatic rings. The fourth-order valence-corrected chi connectivity index (χ4v) is 2.45. The summed E-state index contributed by atoms with van der Waals surface area (Å²) in [5.74, 6) is 0.164. The molecule has 1 atom stereocenters. The van der Waals surface area contributed by atoms with Gasteiger partial charge < -0.3 is 5.32 Å². The van der Waals surface area contributed by atoms with Gasteiger partial charge in [0.25, 0.3) is 0 Å². The SMILES string of the molecule is C[C@@H](c1ccccn1)N(CC(=O)NC1CC1)C1CC1. The minimum atomic E-state index is 0.164. The van der Waals surface area contributed by atoms with Gasteiger partial charge in [-0.2, -0.15) is 0 Å². The number of amides is 1. The Morgan fingerprint density at radius 3 is 2.79 bits per heavy atom. The summed E-state index contributed by atoms with van der Waals surface area (Å²) in [5.41, 5.74) is 1.05. The Morgan fingerprint density at radius 2 is 2.21 bits per heavy atom. The molecule has 1 aromatic heterocycles. The Balaban J connectivity index is 1.64. The first-order chi connectivity index (χ1) is 9.24. The maximum atomic E-state index is 12.0. The second-order valence-corrected chi connectivity index (χ2v) is 5.68. The van der Waals surface area contributed by atoms with Gasteiger partial charge in [-0.3, -0.25) is 14.7 Å². The van der Waals surface area contributed by atoms with Crippen LogP contribution in [0.15, 0.2) is 24.4 Å². The van der Waals surface area contributed by atoms with Crippen LogP contribution in [0.5, 0.6) is 0 Å². The second kappa shape index (κ2) is 5.29. The third-order valence-corrected chi connectivity index (χ3v) is 3.90. The lowest BCUT2D eigenvalue weighted by molar-refractivity contribution is -0.123. The van der Waals surface area contributed by atoms with Crippen molar-refractivity contribution >= 4 is 5.91 Å². The molecular weight excluding hydrogens is 238 g/mol. The van der Waals surface area contributed by atoms with E-state index in [1.807, 2.05) is 24.4 Å². The maximum Gasteiger partial charge on any atom is 0.234 e. The fourth-order valence-electron chi connectivity index (χ4n) is 2.45. The zero-order valence-electron chi connectivity index (χ0n) is 11.4. The van der Waals surface area contributed by atoms with Crippen LogP contribution in [0.4, 0.5) is 0 Å². The molecule has 102 valence electrons. The molecule has 0 aliphatic heterocycles. The Kier molecular flexibility index (Phi) is 3.51. The van der Waals surface area contributed by atoms with E-state index in [0.29, 0.717) is 18.6 Å². The Labute approximate surface area is 114 Å². The van der Waals surface area contributed by atoms with Gasteiger partial charge in [0.15, 0.2) is 0 Å². The summed E-state index contributed by atoms with van der Waals surface area (Å²) >= 11 is 0. The van der Waals surface area contributed by atoms with Crippen molar-refractivity contribution in [1.29, 1.82) is 0 Å². The Morgan fingerprint density at radius 1 is 1.42 bits per heavy atom. The highest BCUT2D eigenvalue weighted by molar-refractivity contribution is 5.78. The number of aromatic nitrogens is 1. The minimum Gasteiger partial charge on any atom is -0.352 e. The number of pyridine rings is 1. The van der Waals surface area contributed by atoms with E-state index in [1.165, 1.54) is 12.8 Å². The molecule has 1 N–H and O–H groups in total. The molecule has 0 saturated heterocycles. The summed E-state index contributed by atoms with van der Waals surface area (Å²) in [6, 6.07) is 7.18. The molecule has 0 spiro atoms. The molecule has 2 saturated carbocycles. The third-order valence-electron chi connectivity index (χ3n) is 3.90. The van der Waals surface area contributed by atoms with Gasteiger partial charge in [-0.05, 0) is 44.7 Å². The normalized spacial score (nSPS) is 20.3. The van der Waals surface area contributed by atoms with E-state index >= 15 is 0 Å². The molecule has 1 aromatic rings. The monoisotopic (exact) mass is 259 g/mol. The van der Waals surface area contributed by atoms with Crippen molar-refractivity contribution < 1.29 is 4.79 Å². The van der Waals surface area contributed by atoms with Gasteiger partial charge in [0, 0.05) is 18.3 Å². The lowest BCUT2D eigenvalue weighted by atomic mass is 10.1. The summed E-state index contributed by atoms with van der Waals surface area (Å²) in [7, 11) is 0. The van der Waals surface area contributed by atoms with Gasteiger partial charge in [0.2, 0.25) is 5.91 Å². The van der Waals surface area contributed by atoms with Crippen molar-refractivity contribution in [2.24, 2.45) is 0 Å². The van der Waals surface area contributed by atoms with Crippen LogP contribution in [0.3, 0.4) is 0 Å². The van der Waals surface area contributed by atoms with Crippen LogP contribution in [-0.2, 0) is 4.79 Å². The number of hydrogen-bond acceptors (Lipinski definition) is 3. The highest BCUT2D eigenvalue weighted by Gasteiger charge is 2.35. The van der Waals surface area contributed by atoms with Crippen molar-refractivity contribution in [2.45, 2.75) is 50.7 Å². The molecule has 4 heteroatoms. The molecule has 0 unspecified atom stereocenters. The van der Waals surface area contributed by atoms with E-state index in [0.717, 1.165) is 18.5 Å². The standard InChI is InChI=1S/C15H21N3O/c1-11(14-4-2-3-9-16-14)18(13-7-8-13)10-15(19)17-12-5-6-12/h2-4,9,11-13H,5-8,10H2,1H3,(H,17,19)/t11-/m0/s1.